The molecule has 3 rings (SSSR count). The second-order valence-electron chi connectivity index (χ2n) is 4.70. The van der Waals surface area contributed by atoms with Crippen molar-refractivity contribution < 1.29 is 9.59 Å². The zero-order chi connectivity index (χ0) is 14.7. The van der Waals surface area contributed by atoms with Gasteiger partial charge in [-0.3, -0.25) is 4.79 Å². The van der Waals surface area contributed by atoms with Gasteiger partial charge in [-0.25, -0.2) is 9.48 Å². The lowest BCUT2D eigenvalue weighted by molar-refractivity contribution is -0.122. The molecule has 1 aliphatic heterocycles. The third kappa shape index (κ3) is 2.86. The number of urea groups is 1. The molecule has 0 unspecified atom stereocenters. The van der Waals surface area contributed by atoms with Crippen LogP contribution in [0, 0.1) is 0 Å². The zero-order valence-electron chi connectivity index (χ0n) is 11.2. The van der Waals surface area contributed by atoms with Crippen molar-refractivity contribution >= 4 is 11.9 Å². The summed E-state index contributed by atoms with van der Waals surface area (Å²) in [6.07, 6.45) is 3.55. The molecule has 7 heteroatoms. The molecule has 2 aromatic rings. The first-order valence-corrected chi connectivity index (χ1v) is 6.64. The molecule has 0 aliphatic carbocycles. The molecule has 1 fully saturated rings. The van der Waals surface area contributed by atoms with E-state index >= 15 is 0 Å². The van der Waals surface area contributed by atoms with Gasteiger partial charge < -0.3 is 16.0 Å². The zero-order valence-corrected chi connectivity index (χ0v) is 11.2. The Morgan fingerprint density at radius 3 is 2.95 bits per heavy atom. The quantitative estimate of drug-likeness (QED) is 0.748. The van der Waals surface area contributed by atoms with Crippen LogP contribution in [0.4, 0.5) is 4.79 Å². The van der Waals surface area contributed by atoms with E-state index in [2.05, 4.69) is 21.0 Å². The third-order valence-corrected chi connectivity index (χ3v) is 3.28. The van der Waals surface area contributed by atoms with Gasteiger partial charge in [-0.05, 0) is 17.7 Å². The predicted molar refractivity (Wildman–Crippen MR) is 75.7 cm³/mol. The van der Waals surface area contributed by atoms with E-state index in [1.165, 1.54) is 0 Å². The van der Waals surface area contributed by atoms with Gasteiger partial charge in [0.25, 0.3) is 0 Å². The summed E-state index contributed by atoms with van der Waals surface area (Å²) < 4.78 is 1.75. The average Bonchev–Trinajstić information content (AvgIpc) is 3.16. The molecular formula is C14H15N5O2. The van der Waals surface area contributed by atoms with Crippen molar-refractivity contribution in [1.29, 1.82) is 0 Å². The standard InChI is InChI=1S/C14H15N5O2/c20-13(11-9-16-14(21)18-11)15-8-10-4-1-2-5-12(10)19-7-3-6-17-19/h1-7,11H,8-9H2,(H,15,20)(H2,16,18,21)/t11-/m1/s1. The van der Waals surface area contributed by atoms with Crippen molar-refractivity contribution in [2.75, 3.05) is 6.54 Å². The summed E-state index contributed by atoms with van der Waals surface area (Å²) in [5.74, 6) is -0.205. The van der Waals surface area contributed by atoms with Crippen LogP contribution in [0.5, 0.6) is 0 Å². The van der Waals surface area contributed by atoms with Crippen LogP contribution < -0.4 is 16.0 Å². The maximum absolute atomic E-state index is 12.0. The van der Waals surface area contributed by atoms with Crippen LogP contribution in [-0.2, 0) is 11.3 Å². The van der Waals surface area contributed by atoms with E-state index < -0.39 is 6.04 Å². The van der Waals surface area contributed by atoms with Crippen LogP contribution in [0.3, 0.4) is 0 Å². The first kappa shape index (κ1) is 13.2. The molecule has 7 nitrogen and oxygen atoms in total. The smallest absolute Gasteiger partial charge is 0.315 e. The van der Waals surface area contributed by atoms with Crippen LogP contribution in [0.25, 0.3) is 5.69 Å². The van der Waals surface area contributed by atoms with Crippen molar-refractivity contribution in [2.45, 2.75) is 12.6 Å². The number of amides is 3. The Morgan fingerprint density at radius 2 is 2.24 bits per heavy atom. The fourth-order valence-corrected chi connectivity index (χ4v) is 2.21. The van der Waals surface area contributed by atoms with E-state index in [9.17, 15) is 9.59 Å². The molecule has 1 aromatic heterocycles. The minimum atomic E-state index is -0.519. The van der Waals surface area contributed by atoms with Crippen LogP contribution >= 0.6 is 0 Å². The summed E-state index contributed by atoms with van der Waals surface area (Å²) in [5, 5.41) is 12.1. The fourth-order valence-electron chi connectivity index (χ4n) is 2.21. The molecule has 1 saturated heterocycles. The SMILES string of the molecule is O=C1NC[C@H](C(=O)NCc2ccccc2-n2cccn2)N1. The highest BCUT2D eigenvalue weighted by Crippen LogP contribution is 2.13. The maximum atomic E-state index is 12.0. The first-order valence-electron chi connectivity index (χ1n) is 6.64. The van der Waals surface area contributed by atoms with Gasteiger partial charge in [0.05, 0.1) is 5.69 Å². The molecule has 0 radical (unpaired) electrons. The Bertz CT molecular complexity index is 653. The molecule has 108 valence electrons. The lowest BCUT2D eigenvalue weighted by atomic mass is 10.1. The highest BCUT2D eigenvalue weighted by molar-refractivity contribution is 5.90. The fraction of sp³-hybridized carbons (Fsp3) is 0.214. The molecule has 3 amide bonds. The van der Waals surface area contributed by atoms with Crippen LogP contribution in [-0.4, -0.2) is 34.3 Å². The number of carbonyl (C=O) groups excluding carboxylic acids is 2. The second-order valence-corrected chi connectivity index (χ2v) is 4.70. The molecule has 0 saturated carbocycles. The first-order chi connectivity index (χ1) is 10.2. The van der Waals surface area contributed by atoms with Gasteiger partial charge >= 0.3 is 6.03 Å². The topological polar surface area (TPSA) is 88.1 Å². The Morgan fingerprint density at radius 1 is 1.38 bits per heavy atom. The van der Waals surface area contributed by atoms with E-state index in [1.54, 1.807) is 10.9 Å². The predicted octanol–water partition coefficient (Wildman–Crippen LogP) is 0.170. The summed E-state index contributed by atoms with van der Waals surface area (Å²) in [6, 6.07) is 8.71. The number of hydrogen-bond donors (Lipinski definition) is 3. The van der Waals surface area contributed by atoms with Crippen LogP contribution in [0.1, 0.15) is 5.56 Å². The molecule has 1 aromatic carbocycles. The summed E-state index contributed by atoms with van der Waals surface area (Å²) in [6.45, 7) is 0.687. The van der Waals surface area contributed by atoms with Crippen molar-refractivity contribution in [3.8, 4) is 5.69 Å². The lowest BCUT2D eigenvalue weighted by Crippen LogP contribution is -2.42. The Balaban J connectivity index is 1.68. The molecule has 3 N–H and O–H groups in total. The number of benzene rings is 1. The van der Waals surface area contributed by atoms with E-state index in [4.69, 9.17) is 0 Å². The van der Waals surface area contributed by atoms with Crippen LogP contribution in [0.15, 0.2) is 42.7 Å². The molecule has 0 bridgehead atoms. The van der Waals surface area contributed by atoms with Gasteiger partial charge in [-0.15, -0.1) is 0 Å². The normalized spacial score (nSPS) is 17.1. The highest BCUT2D eigenvalue weighted by Gasteiger charge is 2.26. The molecule has 21 heavy (non-hydrogen) atoms. The second kappa shape index (κ2) is 5.66. The van der Waals surface area contributed by atoms with E-state index in [-0.39, 0.29) is 11.9 Å². The molecule has 1 atom stereocenters. The third-order valence-electron chi connectivity index (χ3n) is 3.28. The van der Waals surface area contributed by atoms with E-state index in [0.717, 1.165) is 11.3 Å². The van der Waals surface area contributed by atoms with Gasteiger partial charge in [0, 0.05) is 25.5 Å². The summed E-state index contributed by atoms with van der Waals surface area (Å²) in [7, 11) is 0. The maximum Gasteiger partial charge on any atom is 0.315 e. The average molecular weight is 285 g/mol. The van der Waals surface area contributed by atoms with E-state index in [1.807, 2.05) is 36.5 Å². The van der Waals surface area contributed by atoms with Gasteiger partial charge in [-0.2, -0.15) is 5.10 Å². The Labute approximate surface area is 121 Å². The molecule has 0 spiro atoms. The largest absolute Gasteiger partial charge is 0.350 e. The minimum Gasteiger partial charge on any atom is -0.350 e. The molecular weight excluding hydrogens is 270 g/mol. The lowest BCUT2D eigenvalue weighted by Gasteiger charge is -2.13. The van der Waals surface area contributed by atoms with Gasteiger partial charge in [0.15, 0.2) is 0 Å². The van der Waals surface area contributed by atoms with E-state index in [0.29, 0.717) is 13.1 Å². The Hall–Kier alpha value is -2.83. The van der Waals surface area contributed by atoms with Gasteiger partial charge in [0.1, 0.15) is 6.04 Å². The summed E-state index contributed by atoms with van der Waals surface area (Å²) >= 11 is 0. The molecule has 1 aliphatic rings. The monoisotopic (exact) mass is 285 g/mol. The van der Waals surface area contributed by atoms with Crippen molar-refractivity contribution in [1.82, 2.24) is 25.7 Å². The number of para-hydroxylation sites is 1. The number of aromatic nitrogens is 2. The number of hydrogen-bond acceptors (Lipinski definition) is 3. The minimum absolute atomic E-state index is 0.205. The Kier molecular flexibility index (Phi) is 3.55. The summed E-state index contributed by atoms with van der Waals surface area (Å²) in [5.41, 5.74) is 1.86. The molecule has 2 heterocycles. The number of rotatable bonds is 4. The van der Waals surface area contributed by atoms with Gasteiger partial charge in [0.2, 0.25) is 5.91 Å². The van der Waals surface area contributed by atoms with Crippen molar-refractivity contribution in [3.63, 3.8) is 0 Å². The van der Waals surface area contributed by atoms with Crippen molar-refractivity contribution in [3.05, 3.63) is 48.3 Å². The van der Waals surface area contributed by atoms with Gasteiger partial charge in [-0.1, -0.05) is 18.2 Å². The van der Waals surface area contributed by atoms with Crippen LogP contribution in [0.2, 0.25) is 0 Å². The number of nitrogens with zero attached hydrogens (tertiary/aromatic N) is 2. The highest BCUT2D eigenvalue weighted by atomic mass is 16.2. The summed E-state index contributed by atoms with van der Waals surface area (Å²) in [4.78, 5) is 23.0. The number of nitrogens with one attached hydrogen (secondary N) is 3. The van der Waals surface area contributed by atoms with Crippen molar-refractivity contribution in [2.24, 2.45) is 0 Å². The number of carbonyl (C=O) groups is 2.